The number of likely N-dealkylation sites (N-methyl/N-ethyl adjacent to an activating group) is 1. The molecule has 1 aromatic rings. The molecule has 4 heterocycles. The van der Waals surface area contributed by atoms with Gasteiger partial charge in [0.05, 0.1) is 42.8 Å². The first-order chi connectivity index (χ1) is 29.5. The summed E-state index contributed by atoms with van der Waals surface area (Å²) in [7, 11) is 6.56. The Hall–Kier alpha value is -2.68. The third-order valence-corrected chi connectivity index (χ3v) is 12.7. The van der Waals surface area contributed by atoms with Crippen LogP contribution in [0.1, 0.15) is 92.2 Å². The van der Waals surface area contributed by atoms with Gasteiger partial charge in [-0.05, 0) is 97.7 Å². The Kier molecular flexibility index (Phi) is 21.1. The van der Waals surface area contributed by atoms with E-state index in [9.17, 15) is 30.0 Å². The van der Waals surface area contributed by atoms with Crippen molar-refractivity contribution in [1.82, 2.24) is 19.9 Å². The first-order valence-electron chi connectivity index (χ1n) is 22.5. The summed E-state index contributed by atoms with van der Waals surface area (Å²) in [4.78, 5) is 29.5. The van der Waals surface area contributed by atoms with Crippen LogP contribution >= 0.6 is 0 Å². The standard InChI is InChI=1S/C45H76N4O13/c1-11-35-32(25-58-45-43(57-10)42(56-9)39(54)30(6)60-45)22-26(2)15-17-34(51)28(4)23-31(19-20-49-24-33(46-47-49)14-12-13-21-50)41(27(3)16-18-36(52)61-35)62-44-40(55)37(48(7)8)38(53)29(5)59-44/h15,17,22,24,27-32,35,37-45,50,53-55H,11-14,16,18-21,23,25H2,1-10H3/b17-15+,26-22+/t27-,28+,29+,30?,31-,32+,35+,37?,38?,39?,40?,41+,42?,43?,44-,45?/m0/s1. The van der Waals surface area contributed by atoms with Gasteiger partial charge in [-0.15, -0.1) is 5.10 Å². The fraction of sp³-hybridized carbons (Fsp3) is 0.822. The van der Waals surface area contributed by atoms with Crippen LogP contribution in [0.25, 0.3) is 0 Å². The maximum Gasteiger partial charge on any atom is 0.306 e. The van der Waals surface area contributed by atoms with Crippen molar-refractivity contribution in [2.75, 3.05) is 41.5 Å². The largest absolute Gasteiger partial charge is 0.462 e. The number of aliphatic hydroxyl groups is 4. The van der Waals surface area contributed by atoms with E-state index in [4.69, 9.17) is 33.2 Å². The van der Waals surface area contributed by atoms with E-state index >= 15 is 0 Å². The van der Waals surface area contributed by atoms with Gasteiger partial charge in [0.25, 0.3) is 0 Å². The number of unbranched alkanes of at least 4 members (excludes halogenated alkanes) is 1. The molecule has 0 radical (unpaired) electrons. The summed E-state index contributed by atoms with van der Waals surface area (Å²) in [6.07, 6.45) is 2.34. The Labute approximate surface area is 368 Å². The van der Waals surface area contributed by atoms with Gasteiger partial charge in [0.15, 0.2) is 18.4 Å². The van der Waals surface area contributed by atoms with Gasteiger partial charge in [-0.1, -0.05) is 43.7 Å². The zero-order valence-electron chi connectivity index (χ0n) is 38.6. The Morgan fingerprint density at radius 3 is 2.27 bits per heavy atom. The number of methoxy groups -OCH3 is 2. The van der Waals surface area contributed by atoms with Crippen LogP contribution in [0.3, 0.4) is 0 Å². The van der Waals surface area contributed by atoms with Crippen molar-refractivity contribution in [2.24, 2.45) is 23.7 Å². The summed E-state index contributed by atoms with van der Waals surface area (Å²) in [5.74, 6) is -1.87. The van der Waals surface area contributed by atoms with Crippen molar-refractivity contribution < 1.29 is 63.2 Å². The van der Waals surface area contributed by atoms with Crippen LogP contribution in [0.5, 0.6) is 0 Å². The first-order valence-corrected chi connectivity index (χ1v) is 22.5. The molecule has 4 N–H and O–H groups in total. The van der Waals surface area contributed by atoms with Gasteiger partial charge >= 0.3 is 5.97 Å². The number of cyclic esters (lactones) is 1. The molecular formula is C45H76N4O13. The minimum atomic E-state index is -1.20. The van der Waals surface area contributed by atoms with Crippen molar-refractivity contribution >= 4 is 11.8 Å². The molecule has 1 aromatic heterocycles. The van der Waals surface area contributed by atoms with Gasteiger partial charge in [-0.2, -0.15) is 0 Å². The molecular weight excluding hydrogens is 805 g/mol. The number of carbonyl (C=O) groups excluding carboxylic acids is 2. The second-order valence-corrected chi connectivity index (χ2v) is 17.8. The topological polar surface area (TPSA) is 214 Å². The predicted molar refractivity (Wildman–Crippen MR) is 228 cm³/mol. The smallest absolute Gasteiger partial charge is 0.306 e. The van der Waals surface area contributed by atoms with Crippen molar-refractivity contribution in [1.29, 1.82) is 0 Å². The van der Waals surface area contributed by atoms with Gasteiger partial charge < -0.3 is 58.5 Å². The Balaban J connectivity index is 1.65. The van der Waals surface area contributed by atoms with Gasteiger partial charge in [0, 0.05) is 51.8 Å². The molecule has 0 aromatic carbocycles. The summed E-state index contributed by atoms with van der Waals surface area (Å²) in [6.45, 7) is 11.9. The van der Waals surface area contributed by atoms with E-state index in [2.05, 4.69) is 10.3 Å². The van der Waals surface area contributed by atoms with Crippen LogP contribution < -0.4 is 0 Å². The van der Waals surface area contributed by atoms with E-state index in [-0.39, 0.29) is 37.3 Å². The highest BCUT2D eigenvalue weighted by Crippen LogP contribution is 2.35. The number of ether oxygens (including phenoxy) is 7. The molecule has 0 amide bonds. The average Bonchev–Trinajstić information content (AvgIpc) is 3.70. The molecule has 2 saturated heterocycles. The summed E-state index contributed by atoms with van der Waals surface area (Å²) in [6, 6.07) is -0.663. The average molecular weight is 881 g/mol. The van der Waals surface area contributed by atoms with E-state index in [0.29, 0.717) is 45.1 Å². The number of hydrogen-bond donors (Lipinski definition) is 4. The lowest BCUT2D eigenvalue weighted by Crippen LogP contribution is -2.63. The maximum atomic E-state index is 13.9. The number of aryl methyl sites for hydroxylation is 2. The summed E-state index contributed by atoms with van der Waals surface area (Å²) >= 11 is 0. The predicted octanol–water partition coefficient (Wildman–Crippen LogP) is 3.00. The summed E-state index contributed by atoms with van der Waals surface area (Å²) < 4.78 is 44.5. The second kappa shape index (κ2) is 25.1. The number of aliphatic hydroxyl groups excluding tert-OH is 4. The number of nitrogens with zero attached hydrogens (tertiary/aromatic N) is 4. The molecule has 3 aliphatic rings. The molecule has 354 valence electrons. The van der Waals surface area contributed by atoms with Crippen LogP contribution in [0, 0.1) is 23.7 Å². The number of aromatic nitrogens is 3. The van der Waals surface area contributed by atoms with Crippen molar-refractivity contribution in [2.45, 2.75) is 173 Å². The summed E-state index contributed by atoms with van der Waals surface area (Å²) in [5.41, 5.74) is 1.60. The fourth-order valence-corrected chi connectivity index (χ4v) is 8.96. The third kappa shape index (κ3) is 14.2. The molecule has 2 fully saturated rings. The molecule has 17 nitrogen and oxygen atoms in total. The first kappa shape index (κ1) is 51.9. The fourth-order valence-electron chi connectivity index (χ4n) is 8.96. The van der Waals surface area contributed by atoms with Crippen molar-refractivity contribution in [3.8, 4) is 0 Å². The number of allylic oxidation sites excluding steroid dienone is 3. The van der Waals surface area contributed by atoms with Crippen molar-refractivity contribution in [3.05, 3.63) is 35.7 Å². The lowest BCUT2D eigenvalue weighted by molar-refractivity contribution is -0.304. The minimum Gasteiger partial charge on any atom is -0.462 e. The quantitative estimate of drug-likeness (QED) is 0.139. The molecule has 0 spiro atoms. The highest BCUT2D eigenvalue weighted by atomic mass is 16.7. The Bertz CT molecular complexity index is 1580. The van der Waals surface area contributed by atoms with E-state index in [0.717, 1.165) is 17.7 Å². The molecule has 3 aliphatic heterocycles. The third-order valence-electron chi connectivity index (χ3n) is 12.7. The Morgan fingerprint density at radius 2 is 1.61 bits per heavy atom. The monoisotopic (exact) mass is 881 g/mol. The summed E-state index contributed by atoms with van der Waals surface area (Å²) in [5, 5.41) is 51.2. The zero-order chi connectivity index (χ0) is 45.7. The van der Waals surface area contributed by atoms with Gasteiger partial charge in [-0.3, -0.25) is 14.3 Å². The number of esters is 1. The molecule has 0 aliphatic carbocycles. The van der Waals surface area contributed by atoms with Gasteiger partial charge in [0.2, 0.25) is 0 Å². The molecule has 4 rings (SSSR count). The van der Waals surface area contributed by atoms with Crippen molar-refractivity contribution in [3.63, 3.8) is 0 Å². The van der Waals surface area contributed by atoms with E-state index in [1.165, 1.54) is 14.2 Å². The Morgan fingerprint density at radius 1 is 0.919 bits per heavy atom. The van der Waals surface area contributed by atoms with E-state index < -0.39 is 91.4 Å². The number of carbonyl (C=O) groups is 2. The number of hydrogen-bond acceptors (Lipinski definition) is 16. The molecule has 0 saturated carbocycles. The lowest BCUT2D eigenvalue weighted by Gasteiger charge is -2.46. The molecule has 62 heavy (non-hydrogen) atoms. The molecule has 16 atom stereocenters. The number of rotatable bonds is 16. The van der Waals surface area contributed by atoms with Crippen LogP contribution in [0.4, 0.5) is 0 Å². The lowest BCUT2D eigenvalue weighted by atomic mass is 9.80. The second-order valence-electron chi connectivity index (χ2n) is 17.8. The maximum absolute atomic E-state index is 13.9. The van der Waals surface area contributed by atoms with Crippen LogP contribution in [-0.4, -0.2) is 167 Å². The highest BCUT2D eigenvalue weighted by molar-refractivity contribution is 5.91. The minimum absolute atomic E-state index is 0.0705. The SMILES string of the molecule is CC[C@H]1OC(=O)CC[C@H](C)[C@@H](O[C@@H]2O[C@H](C)C(O)C(N(C)C)C2O)[C@@H](CCn2cc(CCCCO)nn2)C[C@@H](C)C(=O)/C=C/C(C)=C/[C@@H]1COC1OC(C)C(O)C(OC)C1OC. The number of ketones is 1. The van der Waals surface area contributed by atoms with Gasteiger partial charge in [0.1, 0.15) is 30.5 Å². The molecule has 17 heteroatoms. The van der Waals surface area contributed by atoms with Crippen LogP contribution in [0.2, 0.25) is 0 Å². The van der Waals surface area contributed by atoms with E-state index in [1.54, 1.807) is 49.7 Å². The van der Waals surface area contributed by atoms with Crippen LogP contribution in [-0.2, 0) is 55.7 Å². The van der Waals surface area contributed by atoms with Crippen LogP contribution in [0.15, 0.2) is 30.0 Å². The molecule has 8 unspecified atom stereocenters. The molecule has 0 bridgehead atoms. The zero-order valence-corrected chi connectivity index (χ0v) is 38.6. The van der Waals surface area contributed by atoms with Gasteiger partial charge in [-0.25, -0.2) is 0 Å². The normalized spacial score (nSPS) is 38.4. The van der Waals surface area contributed by atoms with E-state index in [1.807, 2.05) is 40.0 Å². The highest BCUT2D eigenvalue weighted by Gasteiger charge is 2.47.